The molecule has 96 valence electrons. The van der Waals surface area contributed by atoms with Crippen LogP contribution in [0.3, 0.4) is 0 Å². The normalized spacial score (nSPS) is 12.3. The Kier molecular flexibility index (Phi) is 6.20. The predicted molar refractivity (Wildman–Crippen MR) is 58.5 cm³/mol. The number of esters is 1. The van der Waals surface area contributed by atoms with Crippen molar-refractivity contribution in [2.24, 2.45) is 0 Å². The molecule has 1 atom stereocenters. The summed E-state index contributed by atoms with van der Waals surface area (Å²) in [4.78, 5) is 22.0. The van der Waals surface area contributed by atoms with Crippen LogP contribution in [0, 0.1) is 11.3 Å². The van der Waals surface area contributed by atoms with E-state index in [1.165, 1.54) is 6.92 Å². The SMILES string of the molecule is COC(=O)CC(C)S(=O)(=O)CC(=O)NCC#N. The molecule has 0 radical (unpaired) electrons. The molecule has 0 saturated carbocycles. The molecule has 7 nitrogen and oxygen atoms in total. The van der Waals surface area contributed by atoms with Crippen molar-refractivity contribution in [3.63, 3.8) is 0 Å². The monoisotopic (exact) mass is 262 g/mol. The molecule has 1 unspecified atom stereocenters. The highest BCUT2D eigenvalue weighted by Gasteiger charge is 2.26. The van der Waals surface area contributed by atoms with Gasteiger partial charge in [0.2, 0.25) is 5.91 Å². The van der Waals surface area contributed by atoms with Crippen molar-refractivity contribution in [1.82, 2.24) is 5.32 Å². The molecular formula is C9H14N2O5S. The van der Waals surface area contributed by atoms with Gasteiger partial charge in [-0.1, -0.05) is 0 Å². The first-order valence-corrected chi connectivity index (χ1v) is 6.47. The Hall–Kier alpha value is -1.62. The smallest absolute Gasteiger partial charge is 0.306 e. The van der Waals surface area contributed by atoms with E-state index in [4.69, 9.17) is 5.26 Å². The molecule has 1 amide bonds. The van der Waals surface area contributed by atoms with E-state index < -0.39 is 32.7 Å². The highest BCUT2D eigenvalue weighted by Crippen LogP contribution is 2.07. The van der Waals surface area contributed by atoms with Crippen molar-refractivity contribution >= 4 is 21.7 Å². The number of carbonyl (C=O) groups excluding carboxylic acids is 2. The number of nitrogens with zero attached hydrogens (tertiary/aromatic N) is 1. The fourth-order valence-electron chi connectivity index (χ4n) is 0.959. The molecule has 0 aliphatic rings. The second kappa shape index (κ2) is 6.85. The van der Waals surface area contributed by atoms with Crippen molar-refractivity contribution in [3.8, 4) is 6.07 Å². The van der Waals surface area contributed by atoms with Crippen molar-refractivity contribution in [3.05, 3.63) is 0 Å². The van der Waals surface area contributed by atoms with Gasteiger partial charge < -0.3 is 10.1 Å². The van der Waals surface area contributed by atoms with Gasteiger partial charge in [-0.2, -0.15) is 5.26 Å². The van der Waals surface area contributed by atoms with Gasteiger partial charge in [-0.25, -0.2) is 8.42 Å². The molecule has 0 aromatic rings. The van der Waals surface area contributed by atoms with Gasteiger partial charge in [0.25, 0.3) is 0 Å². The Labute approximate surface area is 99.7 Å². The first-order chi connectivity index (χ1) is 7.83. The number of hydrogen-bond donors (Lipinski definition) is 1. The number of hydrogen-bond acceptors (Lipinski definition) is 6. The summed E-state index contributed by atoms with van der Waals surface area (Å²) in [7, 11) is -2.56. The molecule has 0 heterocycles. The Morgan fingerprint density at radius 3 is 2.53 bits per heavy atom. The zero-order valence-electron chi connectivity index (χ0n) is 9.60. The molecule has 0 saturated heterocycles. The average molecular weight is 262 g/mol. The zero-order valence-corrected chi connectivity index (χ0v) is 10.4. The van der Waals surface area contributed by atoms with E-state index in [0.29, 0.717) is 0 Å². The van der Waals surface area contributed by atoms with E-state index >= 15 is 0 Å². The maximum Gasteiger partial charge on any atom is 0.306 e. The van der Waals surface area contributed by atoms with Gasteiger partial charge in [0.15, 0.2) is 9.84 Å². The number of amides is 1. The molecule has 0 aliphatic carbocycles. The average Bonchev–Trinajstić information content (AvgIpc) is 2.25. The van der Waals surface area contributed by atoms with Crippen molar-refractivity contribution in [2.45, 2.75) is 18.6 Å². The highest BCUT2D eigenvalue weighted by atomic mass is 32.2. The van der Waals surface area contributed by atoms with Crippen LogP contribution in [0.4, 0.5) is 0 Å². The van der Waals surface area contributed by atoms with Gasteiger partial charge >= 0.3 is 5.97 Å². The summed E-state index contributed by atoms with van der Waals surface area (Å²) in [6, 6.07) is 1.65. The fourth-order valence-corrected chi connectivity index (χ4v) is 2.10. The molecule has 1 N–H and O–H groups in total. The van der Waals surface area contributed by atoms with E-state index in [1.54, 1.807) is 6.07 Å². The third-order valence-electron chi connectivity index (χ3n) is 1.99. The molecule has 0 aromatic carbocycles. The molecule has 8 heteroatoms. The molecule has 0 aliphatic heterocycles. The van der Waals surface area contributed by atoms with Gasteiger partial charge in [0.1, 0.15) is 12.3 Å². The summed E-state index contributed by atoms with van der Waals surface area (Å²) in [6.07, 6.45) is -0.301. The van der Waals surface area contributed by atoms with E-state index in [-0.39, 0.29) is 13.0 Å². The molecule has 0 aromatic heterocycles. The lowest BCUT2D eigenvalue weighted by Crippen LogP contribution is -2.35. The third-order valence-corrected chi connectivity index (χ3v) is 4.05. The van der Waals surface area contributed by atoms with Gasteiger partial charge in [-0.05, 0) is 6.92 Å². The minimum Gasteiger partial charge on any atom is -0.469 e. The quantitative estimate of drug-likeness (QED) is 0.485. The number of sulfone groups is 1. The van der Waals surface area contributed by atoms with Crippen LogP contribution < -0.4 is 5.32 Å². The van der Waals surface area contributed by atoms with Gasteiger partial charge in [0, 0.05) is 0 Å². The Morgan fingerprint density at radius 2 is 2.06 bits per heavy atom. The second-order valence-corrected chi connectivity index (χ2v) is 5.75. The first kappa shape index (κ1) is 15.4. The molecule has 0 bridgehead atoms. The van der Waals surface area contributed by atoms with Crippen molar-refractivity contribution in [1.29, 1.82) is 5.26 Å². The molecule has 0 rings (SSSR count). The van der Waals surface area contributed by atoms with E-state index in [9.17, 15) is 18.0 Å². The van der Waals surface area contributed by atoms with Gasteiger partial charge in [-0.15, -0.1) is 0 Å². The number of nitrogens with one attached hydrogen (secondary N) is 1. The topological polar surface area (TPSA) is 113 Å². The standard InChI is InChI=1S/C9H14N2O5S/c1-7(5-9(13)16-2)17(14,15)6-8(12)11-4-3-10/h7H,4-6H2,1-2H3,(H,11,12). The number of rotatable bonds is 6. The molecular weight excluding hydrogens is 248 g/mol. The van der Waals surface area contributed by atoms with Crippen LogP contribution in [0.25, 0.3) is 0 Å². The maximum absolute atomic E-state index is 11.6. The largest absolute Gasteiger partial charge is 0.469 e. The summed E-state index contributed by atoms with van der Waals surface area (Å²) in [5, 5.41) is 9.32. The van der Waals surface area contributed by atoms with Crippen LogP contribution in [0.15, 0.2) is 0 Å². The van der Waals surface area contributed by atoms with Crippen molar-refractivity contribution < 1.29 is 22.7 Å². The van der Waals surface area contributed by atoms with E-state index in [0.717, 1.165) is 7.11 Å². The number of ether oxygens (including phenoxy) is 1. The highest BCUT2D eigenvalue weighted by molar-refractivity contribution is 7.92. The maximum atomic E-state index is 11.6. The second-order valence-electron chi connectivity index (χ2n) is 3.33. The van der Waals surface area contributed by atoms with Crippen LogP contribution in [0.5, 0.6) is 0 Å². The molecule has 0 spiro atoms. The fraction of sp³-hybridized carbons (Fsp3) is 0.667. The minimum absolute atomic E-state index is 0.250. The van der Waals surface area contributed by atoms with Crippen LogP contribution >= 0.6 is 0 Å². The van der Waals surface area contributed by atoms with Crippen LogP contribution in [0.2, 0.25) is 0 Å². The molecule has 0 fully saturated rings. The first-order valence-electron chi connectivity index (χ1n) is 4.75. The lowest BCUT2D eigenvalue weighted by molar-refractivity contribution is -0.140. The van der Waals surface area contributed by atoms with Crippen LogP contribution in [-0.2, 0) is 24.2 Å². The Balaban J connectivity index is 4.43. The van der Waals surface area contributed by atoms with Crippen molar-refractivity contribution in [2.75, 3.05) is 19.4 Å². The van der Waals surface area contributed by atoms with E-state index in [1.807, 2.05) is 0 Å². The van der Waals surface area contributed by atoms with Gasteiger partial charge in [-0.3, -0.25) is 9.59 Å². The van der Waals surface area contributed by atoms with E-state index in [2.05, 4.69) is 10.1 Å². The number of methoxy groups -OCH3 is 1. The van der Waals surface area contributed by atoms with Gasteiger partial charge in [0.05, 0.1) is 24.8 Å². The summed E-state index contributed by atoms with van der Waals surface area (Å²) < 4.78 is 27.5. The number of nitriles is 1. The molecule has 17 heavy (non-hydrogen) atoms. The summed E-state index contributed by atoms with van der Waals surface area (Å²) in [5.41, 5.74) is 0. The Morgan fingerprint density at radius 1 is 1.47 bits per heavy atom. The summed E-state index contributed by atoms with van der Waals surface area (Å²) >= 11 is 0. The predicted octanol–water partition coefficient (Wildman–Crippen LogP) is -1.01. The summed E-state index contributed by atoms with van der Waals surface area (Å²) in [6.45, 7) is 1.07. The zero-order chi connectivity index (χ0) is 13.5. The number of carbonyl (C=O) groups is 2. The van der Waals surface area contributed by atoms with Crippen LogP contribution in [0.1, 0.15) is 13.3 Å². The third kappa shape index (κ3) is 5.87. The lowest BCUT2D eigenvalue weighted by Gasteiger charge is -2.10. The Bertz CT molecular complexity index is 423. The lowest BCUT2D eigenvalue weighted by atomic mass is 10.3. The van der Waals surface area contributed by atoms with Crippen LogP contribution in [-0.4, -0.2) is 45.0 Å². The minimum atomic E-state index is -3.72. The summed E-state index contributed by atoms with van der Waals surface area (Å²) in [5.74, 6) is -2.16.